The molecule has 0 aliphatic carbocycles. The Kier molecular flexibility index (Phi) is 7.44. The molecule has 35 heavy (non-hydrogen) atoms. The molecule has 1 N–H and O–H groups in total. The van der Waals surface area contributed by atoms with Gasteiger partial charge in [0.25, 0.3) is 5.56 Å². The van der Waals surface area contributed by atoms with Crippen LogP contribution in [0.15, 0.2) is 41.2 Å². The molecule has 182 valence electrons. The molecule has 0 amide bonds. The summed E-state index contributed by atoms with van der Waals surface area (Å²) in [6, 6.07) is 10.6. The minimum atomic E-state index is -0.990. The van der Waals surface area contributed by atoms with E-state index in [0.717, 1.165) is 30.0 Å². The van der Waals surface area contributed by atoms with Crippen LogP contribution in [0.4, 0.5) is 5.69 Å². The molecular formula is C27H29ClN4O3. The van der Waals surface area contributed by atoms with Crippen molar-refractivity contribution in [3.05, 3.63) is 68.7 Å². The lowest BCUT2D eigenvalue weighted by atomic mass is 10.1. The molecule has 0 unspecified atom stereocenters. The number of anilines is 1. The maximum Gasteiger partial charge on any atom is 0.335 e. The maximum atomic E-state index is 13.3. The van der Waals surface area contributed by atoms with Gasteiger partial charge < -0.3 is 10.0 Å². The van der Waals surface area contributed by atoms with E-state index in [-0.39, 0.29) is 11.1 Å². The number of benzene rings is 2. The number of hydrogen-bond acceptors (Lipinski definition) is 5. The third kappa shape index (κ3) is 5.19. The van der Waals surface area contributed by atoms with Crippen LogP contribution in [0.25, 0.3) is 10.9 Å². The molecular weight excluding hydrogens is 464 g/mol. The number of likely N-dealkylation sites (tertiary alicyclic amines) is 1. The number of carbonyl (C=O) groups is 1. The number of fused-ring (bicyclic) bond motifs is 1. The molecule has 0 radical (unpaired) electrons. The Hall–Kier alpha value is -3.34. The highest BCUT2D eigenvalue weighted by molar-refractivity contribution is 6.32. The number of aromatic nitrogens is 2. The molecule has 1 aromatic heterocycles. The van der Waals surface area contributed by atoms with E-state index in [2.05, 4.69) is 17.7 Å². The summed E-state index contributed by atoms with van der Waals surface area (Å²) in [5.41, 5.74) is 2.18. The Labute approximate surface area is 209 Å². The zero-order chi connectivity index (χ0) is 25.1. The van der Waals surface area contributed by atoms with Crippen molar-refractivity contribution in [1.29, 1.82) is 0 Å². The van der Waals surface area contributed by atoms with Crippen LogP contribution < -0.4 is 10.5 Å². The first kappa shape index (κ1) is 24.8. The predicted molar refractivity (Wildman–Crippen MR) is 139 cm³/mol. The smallest absolute Gasteiger partial charge is 0.335 e. The molecule has 0 bridgehead atoms. The molecule has 1 atom stereocenters. The minimum absolute atomic E-state index is 0.107. The summed E-state index contributed by atoms with van der Waals surface area (Å²) in [4.78, 5) is 33.6. The average molecular weight is 493 g/mol. The molecule has 1 aliphatic heterocycles. The summed E-state index contributed by atoms with van der Waals surface area (Å²) >= 11 is 6.65. The zero-order valence-electron chi connectivity index (χ0n) is 20.0. The van der Waals surface area contributed by atoms with Gasteiger partial charge in [-0.2, -0.15) is 0 Å². The molecule has 0 spiro atoms. The van der Waals surface area contributed by atoms with E-state index in [1.165, 1.54) is 25.0 Å². The van der Waals surface area contributed by atoms with Gasteiger partial charge in [0, 0.05) is 30.3 Å². The van der Waals surface area contributed by atoms with Crippen LogP contribution in [0.2, 0.25) is 5.02 Å². The van der Waals surface area contributed by atoms with Crippen molar-refractivity contribution in [3.8, 4) is 12.3 Å². The van der Waals surface area contributed by atoms with Crippen LogP contribution >= 0.6 is 11.6 Å². The summed E-state index contributed by atoms with van der Waals surface area (Å²) in [6.45, 7) is 4.51. The van der Waals surface area contributed by atoms with Crippen molar-refractivity contribution in [2.75, 3.05) is 18.0 Å². The van der Waals surface area contributed by atoms with Gasteiger partial charge >= 0.3 is 5.97 Å². The van der Waals surface area contributed by atoms with Crippen molar-refractivity contribution >= 4 is 34.2 Å². The monoisotopic (exact) mass is 492 g/mol. The molecule has 7 nitrogen and oxygen atoms in total. The van der Waals surface area contributed by atoms with Gasteiger partial charge in [-0.3, -0.25) is 14.3 Å². The number of carboxylic acid groups (broad SMARTS) is 1. The fraction of sp³-hybridized carbons (Fsp3) is 0.370. The van der Waals surface area contributed by atoms with Crippen molar-refractivity contribution < 1.29 is 9.90 Å². The summed E-state index contributed by atoms with van der Waals surface area (Å²) in [7, 11) is 1.77. The number of carboxylic acids is 1. The second-order valence-corrected chi connectivity index (χ2v) is 9.35. The van der Waals surface area contributed by atoms with Gasteiger partial charge in [0.1, 0.15) is 5.82 Å². The second-order valence-electron chi connectivity index (χ2n) is 8.94. The Balaban J connectivity index is 1.66. The topological polar surface area (TPSA) is 78.7 Å². The molecule has 8 heteroatoms. The molecule has 4 rings (SSSR count). The predicted octanol–water partition coefficient (Wildman–Crippen LogP) is 4.30. The number of aromatic carboxylic acids is 1. The van der Waals surface area contributed by atoms with Gasteiger partial charge in [-0.1, -0.05) is 24.4 Å². The molecule has 2 heterocycles. The third-order valence-electron chi connectivity index (χ3n) is 6.77. The largest absolute Gasteiger partial charge is 0.478 e. The average Bonchev–Trinajstić information content (AvgIpc) is 3.30. The van der Waals surface area contributed by atoms with E-state index in [4.69, 9.17) is 28.1 Å². The van der Waals surface area contributed by atoms with E-state index in [9.17, 15) is 9.59 Å². The highest BCUT2D eigenvalue weighted by Gasteiger charge is 2.24. The Morgan fingerprint density at radius 2 is 2.06 bits per heavy atom. The number of halogens is 1. The number of hydrogen-bond donors (Lipinski definition) is 1. The first-order chi connectivity index (χ1) is 16.8. The highest BCUT2D eigenvalue weighted by Crippen LogP contribution is 2.27. The normalized spacial score (nSPS) is 15.9. The first-order valence-corrected chi connectivity index (χ1v) is 12.1. The molecule has 1 aliphatic rings. The summed E-state index contributed by atoms with van der Waals surface area (Å²) in [6.07, 6.45) is 9.03. The quantitative estimate of drug-likeness (QED) is 0.472. The van der Waals surface area contributed by atoms with E-state index in [1.807, 2.05) is 4.90 Å². The lowest BCUT2D eigenvalue weighted by Gasteiger charge is -2.24. The van der Waals surface area contributed by atoms with Crippen LogP contribution in [0.5, 0.6) is 0 Å². The van der Waals surface area contributed by atoms with Gasteiger partial charge in [-0.25, -0.2) is 9.78 Å². The van der Waals surface area contributed by atoms with E-state index in [1.54, 1.807) is 35.9 Å². The molecule has 1 fully saturated rings. The summed E-state index contributed by atoms with van der Waals surface area (Å²) in [5.74, 6) is 2.38. The van der Waals surface area contributed by atoms with Crippen LogP contribution in [0.1, 0.15) is 47.9 Å². The molecule has 1 saturated heterocycles. The maximum absolute atomic E-state index is 13.3. The van der Waals surface area contributed by atoms with Crippen molar-refractivity contribution in [2.24, 2.45) is 7.05 Å². The van der Waals surface area contributed by atoms with E-state index in [0.29, 0.717) is 41.6 Å². The summed E-state index contributed by atoms with van der Waals surface area (Å²) < 4.78 is 1.63. The lowest BCUT2D eigenvalue weighted by molar-refractivity contribution is 0.0697. The van der Waals surface area contributed by atoms with Crippen LogP contribution in [0.3, 0.4) is 0 Å². The fourth-order valence-electron chi connectivity index (χ4n) is 4.76. The first-order valence-electron chi connectivity index (χ1n) is 11.8. The van der Waals surface area contributed by atoms with Gasteiger partial charge in [0.2, 0.25) is 0 Å². The molecule has 3 aromatic rings. The second kappa shape index (κ2) is 10.5. The number of terminal acetylenes is 1. The SMILES string of the molecule is C#CCN(Cc1cc2c(=O)n(C)c(CN3CCC[C@H]3CC)nc2cc1Cl)c1ccc(C(=O)O)cc1. The Morgan fingerprint density at radius 3 is 2.71 bits per heavy atom. The van der Waals surface area contributed by atoms with Crippen molar-refractivity contribution in [3.63, 3.8) is 0 Å². The van der Waals surface area contributed by atoms with Gasteiger partial charge in [0.15, 0.2) is 0 Å². The van der Waals surface area contributed by atoms with Crippen LogP contribution in [-0.4, -0.2) is 44.7 Å². The molecule has 2 aromatic carbocycles. The van der Waals surface area contributed by atoms with Crippen LogP contribution in [-0.2, 0) is 20.1 Å². The lowest BCUT2D eigenvalue weighted by Crippen LogP contribution is -2.32. The zero-order valence-corrected chi connectivity index (χ0v) is 20.8. The molecule has 0 saturated carbocycles. The standard InChI is InChI=1S/C27H29ClN4O3/c1-4-12-31(21-10-8-18(9-11-21)27(34)35)16-19-14-22-24(15-23(19)28)29-25(30(3)26(22)33)17-32-13-6-7-20(32)5-2/h1,8-11,14-15,20H,5-7,12-13,16-17H2,2-3H3,(H,34,35)/t20-/m1/s1. The number of nitrogens with zero attached hydrogens (tertiary/aromatic N) is 4. The summed E-state index contributed by atoms with van der Waals surface area (Å²) in [5, 5.41) is 10.2. The highest BCUT2D eigenvalue weighted by atomic mass is 35.5. The Morgan fingerprint density at radius 1 is 1.31 bits per heavy atom. The van der Waals surface area contributed by atoms with Crippen molar-refractivity contribution in [1.82, 2.24) is 14.5 Å². The Bertz CT molecular complexity index is 1340. The van der Waals surface area contributed by atoms with Crippen molar-refractivity contribution in [2.45, 2.75) is 45.3 Å². The number of rotatable bonds is 8. The van der Waals surface area contributed by atoms with E-state index < -0.39 is 5.97 Å². The van der Waals surface area contributed by atoms with Gasteiger partial charge in [0.05, 0.1) is 29.6 Å². The van der Waals surface area contributed by atoms with E-state index >= 15 is 0 Å². The van der Waals surface area contributed by atoms with Gasteiger partial charge in [-0.05, 0) is 67.8 Å². The fourth-order valence-corrected chi connectivity index (χ4v) is 4.98. The van der Waals surface area contributed by atoms with Crippen LogP contribution in [0, 0.1) is 12.3 Å². The third-order valence-corrected chi connectivity index (χ3v) is 7.13. The van der Waals surface area contributed by atoms with Gasteiger partial charge in [-0.15, -0.1) is 6.42 Å². The minimum Gasteiger partial charge on any atom is -0.478 e.